The van der Waals surface area contributed by atoms with E-state index in [2.05, 4.69) is 15.0 Å². The molecule has 0 aromatic carbocycles. The molecule has 7 nitrogen and oxygen atoms in total. The molecule has 0 spiro atoms. The van der Waals surface area contributed by atoms with Crippen molar-refractivity contribution in [1.29, 1.82) is 0 Å². The van der Waals surface area contributed by atoms with Crippen molar-refractivity contribution >= 4 is 17.8 Å². The van der Waals surface area contributed by atoms with Gasteiger partial charge in [0.1, 0.15) is 5.69 Å². The standard InChI is InChI=1S/C15H22N2O5/c1-6-8(2)16-11(18)7-22-15(20)13-9(3)12(10(4)17-13)14(19)21-5/h8,17H,6-7H2,1-5H3,(H,16,18)/t8-/m0/s1. The zero-order valence-corrected chi connectivity index (χ0v) is 13.5. The van der Waals surface area contributed by atoms with Gasteiger partial charge in [-0.3, -0.25) is 4.79 Å². The summed E-state index contributed by atoms with van der Waals surface area (Å²) in [6.07, 6.45) is 0.789. The van der Waals surface area contributed by atoms with Crippen LogP contribution in [-0.2, 0) is 14.3 Å². The molecule has 1 aromatic heterocycles. The highest BCUT2D eigenvalue weighted by atomic mass is 16.5. The fourth-order valence-electron chi connectivity index (χ4n) is 1.98. The maximum atomic E-state index is 12.0. The number of rotatable bonds is 6. The number of hydrogen-bond donors (Lipinski definition) is 2. The molecule has 1 atom stereocenters. The average Bonchev–Trinajstić information content (AvgIpc) is 2.78. The number of hydrogen-bond acceptors (Lipinski definition) is 5. The molecule has 22 heavy (non-hydrogen) atoms. The SMILES string of the molecule is CC[C@H](C)NC(=O)COC(=O)c1[nH]c(C)c(C(=O)OC)c1C. The van der Waals surface area contributed by atoms with Crippen molar-refractivity contribution in [3.8, 4) is 0 Å². The van der Waals surface area contributed by atoms with Crippen LogP contribution in [0.1, 0.15) is 52.4 Å². The Kier molecular flexibility index (Phi) is 6.15. The van der Waals surface area contributed by atoms with Gasteiger partial charge >= 0.3 is 11.9 Å². The summed E-state index contributed by atoms with van der Waals surface area (Å²) in [6, 6.07) is 0.0200. The Morgan fingerprint density at radius 3 is 2.41 bits per heavy atom. The zero-order valence-electron chi connectivity index (χ0n) is 13.5. The lowest BCUT2D eigenvalue weighted by molar-refractivity contribution is -0.124. The second-order valence-corrected chi connectivity index (χ2v) is 5.07. The fraction of sp³-hybridized carbons (Fsp3) is 0.533. The highest BCUT2D eigenvalue weighted by molar-refractivity contribution is 5.99. The molecule has 2 N–H and O–H groups in total. The number of amides is 1. The number of esters is 2. The zero-order chi connectivity index (χ0) is 16.9. The van der Waals surface area contributed by atoms with E-state index in [-0.39, 0.29) is 24.2 Å². The van der Waals surface area contributed by atoms with Crippen LogP contribution in [0, 0.1) is 13.8 Å². The molecule has 0 unspecified atom stereocenters. The predicted molar refractivity (Wildman–Crippen MR) is 79.8 cm³/mol. The molecule has 0 saturated heterocycles. The molecule has 7 heteroatoms. The van der Waals surface area contributed by atoms with E-state index < -0.39 is 11.9 Å². The third-order valence-electron chi connectivity index (χ3n) is 3.39. The summed E-state index contributed by atoms with van der Waals surface area (Å²) in [5.74, 6) is -1.58. The van der Waals surface area contributed by atoms with E-state index >= 15 is 0 Å². The highest BCUT2D eigenvalue weighted by Crippen LogP contribution is 2.19. The Morgan fingerprint density at radius 2 is 1.86 bits per heavy atom. The van der Waals surface area contributed by atoms with E-state index in [0.717, 1.165) is 6.42 Å². The van der Waals surface area contributed by atoms with Crippen molar-refractivity contribution in [3.05, 3.63) is 22.5 Å². The first kappa shape index (κ1) is 17.7. The molecule has 0 aliphatic carbocycles. The van der Waals surface area contributed by atoms with Gasteiger partial charge in [0.2, 0.25) is 0 Å². The van der Waals surface area contributed by atoms with Crippen LogP contribution in [0.5, 0.6) is 0 Å². The Bertz CT molecular complexity index is 577. The van der Waals surface area contributed by atoms with E-state index in [1.807, 2.05) is 13.8 Å². The van der Waals surface area contributed by atoms with E-state index in [9.17, 15) is 14.4 Å². The van der Waals surface area contributed by atoms with Crippen LogP contribution >= 0.6 is 0 Å². The van der Waals surface area contributed by atoms with Crippen LogP contribution in [-0.4, -0.2) is 42.6 Å². The van der Waals surface area contributed by atoms with Crippen molar-refractivity contribution in [2.24, 2.45) is 0 Å². The Morgan fingerprint density at radius 1 is 1.23 bits per heavy atom. The number of ether oxygens (including phenoxy) is 2. The van der Waals surface area contributed by atoms with Gasteiger partial charge < -0.3 is 19.8 Å². The van der Waals surface area contributed by atoms with E-state index in [0.29, 0.717) is 16.8 Å². The largest absolute Gasteiger partial charge is 0.465 e. The normalized spacial score (nSPS) is 11.7. The summed E-state index contributed by atoms with van der Waals surface area (Å²) in [7, 11) is 1.27. The molecule has 1 rings (SSSR count). The summed E-state index contributed by atoms with van der Waals surface area (Å²) in [5, 5.41) is 2.69. The van der Waals surface area contributed by atoms with Gasteiger partial charge in [-0.1, -0.05) is 6.92 Å². The topological polar surface area (TPSA) is 97.5 Å². The third kappa shape index (κ3) is 4.09. The summed E-state index contributed by atoms with van der Waals surface area (Å²) in [6.45, 7) is 6.71. The predicted octanol–water partition coefficient (Wildman–Crippen LogP) is 1.49. The van der Waals surface area contributed by atoms with E-state index in [4.69, 9.17) is 4.74 Å². The number of carbonyl (C=O) groups is 3. The van der Waals surface area contributed by atoms with Crippen LogP contribution < -0.4 is 5.32 Å². The minimum atomic E-state index is -0.685. The van der Waals surface area contributed by atoms with Crippen molar-refractivity contribution in [2.75, 3.05) is 13.7 Å². The maximum absolute atomic E-state index is 12.0. The molecule has 1 heterocycles. The Labute approximate surface area is 129 Å². The summed E-state index contributed by atoms with van der Waals surface area (Å²) >= 11 is 0. The molecule has 1 amide bonds. The van der Waals surface area contributed by atoms with Gasteiger partial charge in [0.15, 0.2) is 6.61 Å². The number of aromatic nitrogens is 1. The number of nitrogens with one attached hydrogen (secondary N) is 2. The van der Waals surface area contributed by atoms with Crippen molar-refractivity contribution in [3.63, 3.8) is 0 Å². The molecule has 0 aliphatic heterocycles. The smallest absolute Gasteiger partial charge is 0.355 e. The molecule has 122 valence electrons. The van der Waals surface area contributed by atoms with Gasteiger partial charge in [-0.05, 0) is 32.8 Å². The molecule has 1 aromatic rings. The molecular weight excluding hydrogens is 288 g/mol. The maximum Gasteiger partial charge on any atom is 0.355 e. The lowest BCUT2D eigenvalue weighted by Crippen LogP contribution is -2.35. The molecule has 0 bridgehead atoms. The number of aryl methyl sites for hydroxylation is 1. The quantitative estimate of drug-likeness (QED) is 0.776. The van der Waals surface area contributed by atoms with Crippen LogP contribution in [0.3, 0.4) is 0 Å². The number of aromatic amines is 1. The summed E-state index contributed by atoms with van der Waals surface area (Å²) < 4.78 is 9.63. The van der Waals surface area contributed by atoms with Crippen molar-refractivity contribution in [1.82, 2.24) is 10.3 Å². The first-order valence-corrected chi connectivity index (χ1v) is 7.05. The van der Waals surface area contributed by atoms with Crippen LogP contribution in [0.2, 0.25) is 0 Å². The van der Waals surface area contributed by atoms with Crippen LogP contribution in [0.15, 0.2) is 0 Å². The summed E-state index contributed by atoms with van der Waals surface area (Å²) in [4.78, 5) is 38.1. The van der Waals surface area contributed by atoms with Crippen molar-refractivity contribution < 1.29 is 23.9 Å². The van der Waals surface area contributed by atoms with Gasteiger partial charge in [-0.2, -0.15) is 0 Å². The third-order valence-corrected chi connectivity index (χ3v) is 3.39. The minimum absolute atomic E-state index is 0.0200. The second kappa shape index (κ2) is 7.63. The monoisotopic (exact) mass is 310 g/mol. The minimum Gasteiger partial charge on any atom is -0.465 e. The second-order valence-electron chi connectivity index (χ2n) is 5.07. The van der Waals surface area contributed by atoms with Gasteiger partial charge in [-0.15, -0.1) is 0 Å². The lowest BCUT2D eigenvalue weighted by atomic mass is 10.1. The molecule has 0 fully saturated rings. The first-order valence-electron chi connectivity index (χ1n) is 7.05. The Hall–Kier alpha value is -2.31. The van der Waals surface area contributed by atoms with Gasteiger partial charge in [-0.25, -0.2) is 9.59 Å². The first-order chi connectivity index (χ1) is 10.3. The Balaban J connectivity index is 2.75. The summed E-state index contributed by atoms with van der Waals surface area (Å²) in [5.41, 5.74) is 1.41. The molecule has 0 aliphatic rings. The number of methoxy groups -OCH3 is 1. The molecule has 0 saturated carbocycles. The van der Waals surface area contributed by atoms with Gasteiger partial charge in [0.05, 0.1) is 12.7 Å². The average molecular weight is 310 g/mol. The van der Waals surface area contributed by atoms with E-state index in [1.165, 1.54) is 7.11 Å². The number of carbonyl (C=O) groups excluding carboxylic acids is 3. The van der Waals surface area contributed by atoms with E-state index in [1.54, 1.807) is 13.8 Å². The number of H-pyrrole nitrogens is 1. The lowest BCUT2D eigenvalue weighted by Gasteiger charge is -2.11. The van der Waals surface area contributed by atoms with Crippen LogP contribution in [0.4, 0.5) is 0 Å². The highest BCUT2D eigenvalue weighted by Gasteiger charge is 2.23. The van der Waals surface area contributed by atoms with Crippen LogP contribution in [0.25, 0.3) is 0 Å². The van der Waals surface area contributed by atoms with Crippen molar-refractivity contribution in [2.45, 2.75) is 40.2 Å². The molecule has 0 radical (unpaired) electrons. The molecular formula is C15H22N2O5. The van der Waals surface area contributed by atoms with Gasteiger partial charge in [0, 0.05) is 11.7 Å². The van der Waals surface area contributed by atoms with Gasteiger partial charge in [0.25, 0.3) is 5.91 Å². The fourth-order valence-corrected chi connectivity index (χ4v) is 1.98.